The molecule has 2 rings (SSSR count). The van der Waals surface area contributed by atoms with Crippen LogP contribution in [-0.2, 0) is 9.47 Å². The van der Waals surface area contributed by atoms with Crippen molar-refractivity contribution >= 4 is 0 Å². The van der Waals surface area contributed by atoms with Crippen LogP contribution in [-0.4, -0.2) is 86.7 Å². The van der Waals surface area contributed by atoms with Crippen LogP contribution in [0.5, 0.6) is 0 Å². The highest BCUT2D eigenvalue weighted by Gasteiger charge is 2.16. The maximum absolute atomic E-state index is 9.99. The van der Waals surface area contributed by atoms with Gasteiger partial charge in [0.15, 0.2) is 0 Å². The molecule has 1 atom stereocenters. The van der Waals surface area contributed by atoms with E-state index in [4.69, 9.17) is 9.47 Å². The van der Waals surface area contributed by atoms with Gasteiger partial charge in [-0.1, -0.05) is 0 Å². The van der Waals surface area contributed by atoms with Gasteiger partial charge in [0.1, 0.15) is 0 Å². The summed E-state index contributed by atoms with van der Waals surface area (Å²) in [6.45, 7) is 8.95. The predicted octanol–water partition coefficient (Wildman–Crippen LogP) is -0.598. The van der Waals surface area contributed by atoms with Crippen molar-refractivity contribution in [2.24, 2.45) is 0 Å². The Kier molecular flexibility index (Phi) is 5.67. The van der Waals surface area contributed by atoms with Gasteiger partial charge in [0.2, 0.25) is 0 Å². The summed E-state index contributed by atoms with van der Waals surface area (Å²) in [7, 11) is 0. The molecule has 2 fully saturated rings. The summed E-state index contributed by atoms with van der Waals surface area (Å²) in [6.07, 6.45) is 0.646. The SMILES string of the molecule is OC(CCN1CCOCC1)CN1CCOCC1. The normalized spacial score (nSPS) is 25.9. The van der Waals surface area contributed by atoms with Crippen LogP contribution in [0.25, 0.3) is 0 Å². The molecule has 17 heavy (non-hydrogen) atoms. The number of ether oxygens (including phenoxy) is 2. The molecule has 2 aliphatic rings. The zero-order chi connectivity index (χ0) is 11.9. The second-order valence-electron chi connectivity index (χ2n) is 4.81. The molecule has 0 radical (unpaired) electrons. The molecule has 5 nitrogen and oxygen atoms in total. The Morgan fingerprint density at radius 3 is 2.00 bits per heavy atom. The topological polar surface area (TPSA) is 45.2 Å². The van der Waals surface area contributed by atoms with Crippen LogP contribution in [0.3, 0.4) is 0 Å². The highest BCUT2D eigenvalue weighted by molar-refractivity contribution is 4.70. The van der Waals surface area contributed by atoms with Crippen molar-refractivity contribution < 1.29 is 14.6 Å². The first-order chi connectivity index (χ1) is 8.34. The molecule has 0 aliphatic carbocycles. The monoisotopic (exact) mass is 244 g/mol. The van der Waals surface area contributed by atoms with E-state index in [0.717, 1.165) is 72.1 Å². The Hall–Kier alpha value is -0.200. The van der Waals surface area contributed by atoms with E-state index in [1.165, 1.54) is 0 Å². The molecule has 1 N–H and O–H groups in total. The van der Waals surface area contributed by atoms with Crippen LogP contribution in [0.2, 0.25) is 0 Å². The maximum Gasteiger partial charge on any atom is 0.0679 e. The van der Waals surface area contributed by atoms with Crippen molar-refractivity contribution in [2.45, 2.75) is 12.5 Å². The van der Waals surface area contributed by atoms with Crippen LogP contribution < -0.4 is 0 Å². The Bertz CT molecular complexity index is 204. The van der Waals surface area contributed by atoms with E-state index in [1.54, 1.807) is 0 Å². The summed E-state index contributed by atoms with van der Waals surface area (Å²) < 4.78 is 10.6. The molecular weight excluding hydrogens is 220 g/mol. The Labute approximate surface area is 103 Å². The second kappa shape index (κ2) is 7.28. The fourth-order valence-electron chi connectivity index (χ4n) is 2.33. The largest absolute Gasteiger partial charge is 0.392 e. The summed E-state index contributed by atoms with van der Waals surface area (Å²) in [4.78, 5) is 4.65. The molecule has 0 bridgehead atoms. The Morgan fingerprint density at radius 2 is 1.41 bits per heavy atom. The molecule has 2 saturated heterocycles. The average molecular weight is 244 g/mol. The number of hydrogen-bond acceptors (Lipinski definition) is 5. The van der Waals surface area contributed by atoms with Gasteiger partial charge in [-0.15, -0.1) is 0 Å². The molecule has 5 heteroatoms. The first-order valence-corrected chi connectivity index (χ1v) is 6.63. The van der Waals surface area contributed by atoms with Gasteiger partial charge < -0.3 is 14.6 Å². The van der Waals surface area contributed by atoms with Crippen molar-refractivity contribution in [1.29, 1.82) is 0 Å². The van der Waals surface area contributed by atoms with Gasteiger partial charge in [-0.25, -0.2) is 0 Å². The van der Waals surface area contributed by atoms with Gasteiger partial charge in [-0.2, -0.15) is 0 Å². The van der Waals surface area contributed by atoms with Gasteiger partial charge in [0.05, 0.1) is 32.5 Å². The highest BCUT2D eigenvalue weighted by Crippen LogP contribution is 2.04. The molecule has 0 aromatic rings. The zero-order valence-electron chi connectivity index (χ0n) is 10.5. The van der Waals surface area contributed by atoms with Crippen LogP contribution in [0.15, 0.2) is 0 Å². The molecule has 100 valence electrons. The quantitative estimate of drug-likeness (QED) is 0.700. The maximum atomic E-state index is 9.99. The van der Waals surface area contributed by atoms with Crippen molar-refractivity contribution in [3.8, 4) is 0 Å². The van der Waals surface area contributed by atoms with Gasteiger partial charge >= 0.3 is 0 Å². The van der Waals surface area contributed by atoms with E-state index < -0.39 is 0 Å². The lowest BCUT2D eigenvalue weighted by molar-refractivity contribution is 0.00434. The molecule has 0 amide bonds. The van der Waals surface area contributed by atoms with Crippen LogP contribution in [0.4, 0.5) is 0 Å². The zero-order valence-corrected chi connectivity index (χ0v) is 10.5. The fraction of sp³-hybridized carbons (Fsp3) is 1.00. The van der Waals surface area contributed by atoms with Gasteiger partial charge in [-0.05, 0) is 6.42 Å². The lowest BCUT2D eigenvalue weighted by Gasteiger charge is -2.30. The van der Waals surface area contributed by atoms with Crippen molar-refractivity contribution in [1.82, 2.24) is 9.80 Å². The Balaban J connectivity index is 1.57. The third kappa shape index (κ3) is 4.89. The van der Waals surface area contributed by atoms with Crippen molar-refractivity contribution in [2.75, 3.05) is 65.7 Å². The summed E-state index contributed by atoms with van der Waals surface area (Å²) in [5.74, 6) is 0. The van der Waals surface area contributed by atoms with Crippen molar-refractivity contribution in [3.05, 3.63) is 0 Å². The molecule has 0 aromatic carbocycles. The first kappa shape index (κ1) is 13.2. The third-order valence-corrected chi connectivity index (χ3v) is 3.45. The number of aliphatic hydroxyl groups excluding tert-OH is 1. The standard InChI is InChI=1S/C12H24N2O3/c15-12(11-14-5-9-17-10-6-14)1-2-13-3-7-16-8-4-13/h12,15H,1-11H2. The van der Waals surface area contributed by atoms with E-state index in [9.17, 15) is 5.11 Å². The summed E-state index contributed by atoms with van der Waals surface area (Å²) in [5.41, 5.74) is 0. The van der Waals surface area contributed by atoms with E-state index in [-0.39, 0.29) is 6.10 Å². The molecule has 0 spiro atoms. The second-order valence-corrected chi connectivity index (χ2v) is 4.81. The first-order valence-electron chi connectivity index (χ1n) is 6.63. The van der Waals surface area contributed by atoms with E-state index in [0.29, 0.717) is 0 Å². The minimum Gasteiger partial charge on any atom is -0.392 e. The number of β-amino-alcohol motifs (C(OH)–C–C–N with tert-alkyl or cyclic N) is 1. The van der Waals surface area contributed by atoms with E-state index >= 15 is 0 Å². The lowest BCUT2D eigenvalue weighted by atomic mass is 10.2. The summed E-state index contributed by atoms with van der Waals surface area (Å²) in [5, 5.41) is 9.99. The van der Waals surface area contributed by atoms with Crippen molar-refractivity contribution in [3.63, 3.8) is 0 Å². The highest BCUT2D eigenvalue weighted by atomic mass is 16.5. The van der Waals surface area contributed by atoms with Crippen LogP contribution >= 0.6 is 0 Å². The van der Waals surface area contributed by atoms with E-state index in [1.807, 2.05) is 0 Å². The molecule has 0 saturated carbocycles. The summed E-state index contributed by atoms with van der Waals surface area (Å²) >= 11 is 0. The fourth-order valence-corrected chi connectivity index (χ4v) is 2.33. The molecule has 2 heterocycles. The minimum absolute atomic E-state index is 0.212. The minimum atomic E-state index is -0.212. The number of rotatable bonds is 5. The third-order valence-electron chi connectivity index (χ3n) is 3.45. The van der Waals surface area contributed by atoms with Gasteiger partial charge in [0.25, 0.3) is 0 Å². The molecule has 0 aromatic heterocycles. The lowest BCUT2D eigenvalue weighted by Crippen LogP contribution is -2.43. The summed E-state index contributed by atoms with van der Waals surface area (Å²) in [6, 6.07) is 0. The van der Waals surface area contributed by atoms with Gasteiger partial charge in [0, 0.05) is 39.3 Å². The Morgan fingerprint density at radius 1 is 0.882 bits per heavy atom. The average Bonchev–Trinajstić information content (AvgIpc) is 2.39. The molecular formula is C12H24N2O3. The number of nitrogens with zero attached hydrogens (tertiary/aromatic N) is 2. The molecule has 1 unspecified atom stereocenters. The van der Waals surface area contributed by atoms with Crippen LogP contribution in [0, 0.1) is 0 Å². The number of aliphatic hydroxyl groups is 1. The van der Waals surface area contributed by atoms with Gasteiger partial charge in [-0.3, -0.25) is 9.80 Å². The number of morpholine rings is 2. The van der Waals surface area contributed by atoms with Crippen LogP contribution in [0.1, 0.15) is 6.42 Å². The molecule has 2 aliphatic heterocycles. The number of hydrogen-bond donors (Lipinski definition) is 1. The predicted molar refractivity (Wildman–Crippen MR) is 65.1 cm³/mol. The van der Waals surface area contributed by atoms with E-state index in [2.05, 4.69) is 9.80 Å². The smallest absolute Gasteiger partial charge is 0.0679 e.